The lowest BCUT2D eigenvalue weighted by molar-refractivity contribution is -0.151. The molecule has 16 heavy (non-hydrogen) atoms. The van der Waals surface area contributed by atoms with Crippen LogP contribution < -0.4 is 0 Å². The number of carbonyl (C=O) groups is 1. The first-order valence-electron chi connectivity index (χ1n) is 6.11. The normalized spacial score (nSPS) is 18.5. The summed E-state index contributed by atoms with van der Waals surface area (Å²) in [5, 5.41) is 18.7. The standard InChI is InChI=1S/C12H23NO3/c1-12(2,16)11(15)13(8-9-14)10-6-4-3-5-7-10/h10,14,16H,3-9H2,1-2H3. The number of nitrogens with zero attached hydrogens (tertiary/aromatic N) is 1. The van der Waals surface area contributed by atoms with Gasteiger partial charge in [-0.25, -0.2) is 0 Å². The van der Waals surface area contributed by atoms with E-state index in [-0.39, 0.29) is 18.6 Å². The second kappa shape index (κ2) is 5.64. The molecule has 1 aliphatic carbocycles. The summed E-state index contributed by atoms with van der Waals surface area (Å²) in [7, 11) is 0. The van der Waals surface area contributed by atoms with E-state index in [1.165, 1.54) is 20.3 Å². The monoisotopic (exact) mass is 229 g/mol. The Morgan fingerprint density at radius 1 is 1.31 bits per heavy atom. The van der Waals surface area contributed by atoms with Crippen LogP contribution in [-0.4, -0.2) is 45.8 Å². The van der Waals surface area contributed by atoms with Crippen LogP contribution in [0.3, 0.4) is 0 Å². The first-order chi connectivity index (χ1) is 7.46. The molecule has 4 heteroatoms. The fraction of sp³-hybridized carbons (Fsp3) is 0.917. The number of carbonyl (C=O) groups excluding carboxylic acids is 1. The number of hydrogen-bond acceptors (Lipinski definition) is 3. The Labute approximate surface area is 97.3 Å². The highest BCUT2D eigenvalue weighted by Gasteiger charge is 2.33. The van der Waals surface area contributed by atoms with E-state index in [2.05, 4.69) is 0 Å². The summed E-state index contributed by atoms with van der Waals surface area (Å²) in [4.78, 5) is 13.7. The van der Waals surface area contributed by atoms with E-state index >= 15 is 0 Å². The van der Waals surface area contributed by atoms with Gasteiger partial charge in [0.1, 0.15) is 5.60 Å². The van der Waals surface area contributed by atoms with Crippen LogP contribution in [-0.2, 0) is 4.79 Å². The molecule has 0 bridgehead atoms. The first kappa shape index (κ1) is 13.5. The molecule has 0 aliphatic heterocycles. The van der Waals surface area contributed by atoms with Crippen molar-refractivity contribution in [1.29, 1.82) is 0 Å². The fourth-order valence-electron chi connectivity index (χ4n) is 2.30. The van der Waals surface area contributed by atoms with Gasteiger partial charge in [-0.15, -0.1) is 0 Å². The Hall–Kier alpha value is -0.610. The molecule has 0 unspecified atom stereocenters. The molecule has 4 nitrogen and oxygen atoms in total. The first-order valence-corrected chi connectivity index (χ1v) is 6.11. The van der Waals surface area contributed by atoms with Gasteiger partial charge >= 0.3 is 0 Å². The molecule has 1 aliphatic rings. The summed E-state index contributed by atoms with van der Waals surface area (Å²) in [6, 6.07) is 0.194. The van der Waals surface area contributed by atoms with Gasteiger partial charge in [-0.1, -0.05) is 19.3 Å². The number of amides is 1. The molecule has 94 valence electrons. The maximum atomic E-state index is 12.0. The van der Waals surface area contributed by atoms with Gasteiger partial charge in [0.25, 0.3) is 5.91 Å². The summed E-state index contributed by atoms with van der Waals surface area (Å²) in [5.74, 6) is -0.270. The van der Waals surface area contributed by atoms with Gasteiger partial charge in [-0.05, 0) is 26.7 Å². The van der Waals surface area contributed by atoms with Crippen LogP contribution in [0.2, 0.25) is 0 Å². The highest BCUT2D eigenvalue weighted by molar-refractivity contribution is 5.84. The Morgan fingerprint density at radius 2 is 1.88 bits per heavy atom. The molecule has 0 radical (unpaired) electrons. The third kappa shape index (κ3) is 3.46. The molecule has 0 saturated heterocycles. The summed E-state index contributed by atoms with van der Waals surface area (Å²) in [6.45, 7) is 3.29. The molecule has 0 spiro atoms. The molecule has 1 saturated carbocycles. The van der Waals surface area contributed by atoms with Gasteiger partial charge < -0.3 is 15.1 Å². The summed E-state index contributed by atoms with van der Waals surface area (Å²) in [6.07, 6.45) is 5.46. The zero-order valence-corrected chi connectivity index (χ0v) is 10.3. The lowest BCUT2D eigenvalue weighted by atomic mass is 9.93. The second-order valence-corrected chi connectivity index (χ2v) is 5.07. The number of rotatable bonds is 4. The van der Waals surface area contributed by atoms with Crippen molar-refractivity contribution < 1.29 is 15.0 Å². The van der Waals surface area contributed by atoms with Gasteiger partial charge in [0.15, 0.2) is 0 Å². The molecule has 0 atom stereocenters. The molecule has 2 N–H and O–H groups in total. The lowest BCUT2D eigenvalue weighted by Gasteiger charge is -2.37. The summed E-state index contributed by atoms with van der Waals surface area (Å²) in [5.41, 5.74) is -1.34. The highest BCUT2D eigenvalue weighted by atomic mass is 16.3. The number of hydrogen-bond donors (Lipinski definition) is 2. The van der Waals surface area contributed by atoms with E-state index in [0.29, 0.717) is 6.54 Å². The quantitative estimate of drug-likeness (QED) is 0.753. The summed E-state index contributed by atoms with van der Waals surface area (Å²) >= 11 is 0. The van der Waals surface area contributed by atoms with Gasteiger partial charge in [0.05, 0.1) is 6.61 Å². The zero-order chi connectivity index (χ0) is 12.2. The Kier molecular flexibility index (Phi) is 4.74. The van der Waals surface area contributed by atoms with Crippen LogP contribution in [0.15, 0.2) is 0 Å². The van der Waals surface area contributed by atoms with Crippen molar-refractivity contribution in [3.8, 4) is 0 Å². The van der Waals surface area contributed by atoms with Crippen molar-refractivity contribution in [2.45, 2.75) is 57.6 Å². The summed E-state index contributed by atoms with van der Waals surface area (Å²) < 4.78 is 0. The predicted octanol–water partition coefficient (Wildman–Crippen LogP) is 0.911. The second-order valence-electron chi connectivity index (χ2n) is 5.07. The highest BCUT2D eigenvalue weighted by Crippen LogP contribution is 2.24. The van der Waals surface area contributed by atoms with Crippen molar-refractivity contribution in [2.24, 2.45) is 0 Å². The van der Waals surface area contributed by atoms with Crippen LogP contribution >= 0.6 is 0 Å². The van der Waals surface area contributed by atoms with Gasteiger partial charge in [-0.2, -0.15) is 0 Å². The Morgan fingerprint density at radius 3 is 2.31 bits per heavy atom. The largest absolute Gasteiger partial charge is 0.395 e. The smallest absolute Gasteiger partial charge is 0.254 e. The maximum absolute atomic E-state index is 12.0. The van der Waals surface area contributed by atoms with Crippen molar-refractivity contribution in [2.75, 3.05) is 13.2 Å². The van der Waals surface area contributed by atoms with Crippen molar-refractivity contribution in [3.63, 3.8) is 0 Å². The molecule has 1 amide bonds. The average Bonchev–Trinajstić information content (AvgIpc) is 2.25. The lowest BCUT2D eigenvalue weighted by Crippen LogP contribution is -2.51. The molecule has 0 aromatic rings. The topological polar surface area (TPSA) is 60.8 Å². The van der Waals surface area contributed by atoms with E-state index in [1.54, 1.807) is 4.90 Å². The molecular formula is C12H23NO3. The SMILES string of the molecule is CC(C)(O)C(=O)N(CCO)C1CCCCC1. The minimum atomic E-state index is -1.34. The molecular weight excluding hydrogens is 206 g/mol. The molecule has 0 aromatic heterocycles. The van der Waals surface area contributed by atoms with Crippen LogP contribution in [0.5, 0.6) is 0 Å². The van der Waals surface area contributed by atoms with Gasteiger partial charge in [0, 0.05) is 12.6 Å². The van der Waals surface area contributed by atoms with Crippen molar-refractivity contribution in [1.82, 2.24) is 4.90 Å². The van der Waals surface area contributed by atoms with Crippen LogP contribution in [0.4, 0.5) is 0 Å². The zero-order valence-electron chi connectivity index (χ0n) is 10.3. The number of aliphatic hydroxyl groups is 2. The third-order valence-electron chi connectivity index (χ3n) is 3.14. The molecule has 1 fully saturated rings. The molecule has 1 rings (SSSR count). The van der Waals surface area contributed by atoms with Crippen molar-refractivity contribution in [3.05, 3.63) is 0 Å². The van der Waals surface area contributed by atoms with Crippen LogP contribution in [0.25, 0.3) is 0 Å². The van der Waals surface area contributed by atoms with Crippen LogP contribution in [0.1, 0.15) is 46.0 Å². The van der Waals surface area contributed by atoms with E-state index in [9.17, 15) is 9.90 Å². The fourth-order valence-corrected chi connectivity index (χ4v) is 2.30. The van der Waals surface area contributed by atoms with E-state index < -0.39 is 5.60 Å². The van der Waals surface area contributed by atoms with E-state index in [1.807, 2.05) is 0 Å². The maximum Gasteiger partial charge on any atom is 0.254 e. The molecule has 0 aromatic carbocycles. The van der Waals surface area contributed by atoms with E-state index in [0.717, 1.165) is 25.7 Å². The third-order valence-corrected chi connectivity index (χ3v) is 3.14. The average molecular weight is 229 g/mol. The van der Waals surface area contributed by atoms with Gasteiger partial charge in [-0.3, -0.25) is 4.79 Å². The van der Waals surface area contributed by atoms with E-state index in [4.69, 9.17) is 5.11 Å². The van der Waals surface area contributed by atoms with Crippen molar-refractivity contribution >= 4 is 5.91 Å². The minimum absolute atomic E-state index is 0.0433. The van der Waals surface area contributed by atoms with Crippen LogP contribution in [0, 0.1) is 0 Å². The molecule has 0 heterocycles. The van der Waals surface area contributed by atoms with Gasteiger partial charge in [0.2, 0.25) is 0 Å². The Bertz CT molecular complexity index is 229. The predicted molar refractivity (Wildman–Crippen MR) is 62.0 cm³/mol. The minimum Gasteiger partial charge on any atom is -0.395 e. The number of aliphatic hydroxyl groups excluding tert-OH is 1. The Balaban J connectivity index is 2.69.